The van der Waals surface area contributed by atoms with Gasteiger partial charge in [0.15, 0.2) is 17.3 Å². The first-order chi connectivity index (χ1) is 6.20. The summed E-state index contributed by atoms with van der Waals surface area (Å²) in [4.78, 5) is 8.08. The number of hydrogen-bond acceptors (Lipinski definition) is 4. The van der Waals surface area contributed by atoms with Gasteiger partial charge in [-0.15, -0.1) is 5.10 Å². The first kappa shape index (κ1) is 8.18. The highest BCUT2D eigenvalue weighted by atomic mass is 79.9. The standard InChI is InChI=1S/C7H6BrN5/c1-2-5-11-7-6(9)10-4(8)3-13(7)12-5/h2-3H,1H2,(H2,9,10). The lowest BCUT2D eigenvalue weighted by atomic mass is 10.6. The Balaban J connectivity index is 2.82. The second-order valence-corrected chi connectivity index (χ2v) is 3.20. The summed E-state index contributed by atoms with van der Waals surface area (Å²) in [7, 11) is 0. The van der Waals surface area contributed by atoms with Crippen molar-refractivity contribution in [3.63, 3.8) is 0 Å². The van der Waals surface area contributed by atoms with Crippen molar-refractivity contribution in [3.05, 3.63) is 23.2 Å². The minimum Gasteiger partial charge on any atom is -0.381 e. The SMILES string of the molecule is C=Cc1nc2c(N)nc(Br)cn2n1. The first-order valence-electron chi connectivity index (χ1n) is 3.51. The van der Waals surface area contributed by atoms with Gasteiger partial charge < -0.3 is 5.73 Å². The molecule has 0 saturated carbocycles. The van der Waals surface area contributed by atoms with Gasteiger partial charge in [-0.25, -0.2) is 14.5 Å². The van der Waals surface area contributed by atoms with Crippen molar-refractivity contribution in [2.24, 2.45) is 0 Å². The number of rotatable bonds is 1. The van der Waals surface area contributed by atoms with E-state index in [1.165, 1.54) is 0 Å². The number of anilines is 1. The van der Waals surface area contributed by atoms with Crippen molar-refractivity contribution in [2.45, 2.75) is 0 Å². The lowest BCUT2D eigenvalue weighted by Crippen LogP contribution is -1.97. The van der Waals surface area contributed by atoms with Crippen LogP contribution in [0.1, 0.15) is 5.82 Å². The summed E-state index contributed by atoms with van der Waals surface area (Å²) in [5.41, 5.74) is 6.17. The summed E-state index contributed by atoms with van der Waals surface area (Å²) in [6.45, 7) is 3.57. The van der Waals surface area contributed by atoms with Crippen LogP contribution in [0.15, 0.2) is 17.4 Å². The number of nitrogens with zero attached hydrogens (tertiary/aromatic N) is 4. The first-order valence-corrected chi connectivity index (χ1v) is 4.31. The molecule has 0 aliphatic heterocycles. The normalized spacial score (nSPS) is 10.5. The molecule has 0 bridgehead atoms. The highest BCUT2D eigenvalue weighted by molar-refractivity contribution is 9.10. The number of nitrogen functional groups attached to an aromatic ring is 1. The predicted molar refractivity (Wildman–Crippen MR) is 53.0 cm³/mol. The van der Waals surface area contributed by atoms with E-state index in [9.17, 15) is 0 Å². The van der Waals surface area contributed by atoms with E-state index >= 15 is 0 Å². The Morgan fingerprint density at radius 2 is 2.31 bits per heavy atom. The summed E-state index contributed by atoms with van der Waals surface area (Å²) < 4.78 is 2.18. The zero-order chi connectivity index (χ0) is 9.42. The van der Waals surface area contributed by atoms with Gasteiger partial charge in [0.25, 0.3) is 0 Å². The minimum absolute atomic E-state index is 0.343. The van der Waals surface area contributed by atoms with Crippen LogP contribution in [0.5, 0.6) is 0 Å². The molecule has 66 valence electrons. The molecular weight excluding hydrogens is 234 g/mol. The van der Waals surface area contributed by atoms with E-state index in [1.807, 2.05) is 0 Å². The molecule has 5 nitrogen and oxygen atoms in total. The molecule has 0 aliphatic carbocycles. The molecule has 0 spiro atoms. The average Bonchev–Trinajstić information content (AvgIpc) is 2.47. The Morgan fingerprint density at radius 3 is 3.00 bits per heavy atom. The fraction of sp³-hybridized carbons (Fsp3) is 0. The van der Waals surface area contributed by atoms with Crippen molar-refractivity contribution < 1.29 is 0 Å². The molecule has 2 N–H and O–H groups in total. The van der Waals surface area contributed by atoms with Crippen LogP contribution in [0.3, 0.4) is 0 Å². The largest absolute Gasteiger partial charge is 0.381 e. The lowest BCUT2D eigenvalue weighted by molar-refractivity contribution is 0.934. The molecule has 0 atom stereocenters. The summed E-state index contributed by atoms with van der Waals surface area (Å²) in [5.74, 6) is 0.876. The monoisotopic (exact) mass is 239 g/mol. The zero-order valence-electron chi connectivity index (χ0n) is 6.61. The smallest absolute Gasteiger partial charge is 0.198 e. The highest BCUT2D eigenvalue weighted by Gasteiger charge is 2.05. The Morgan fingerprint density at radius 1 is 1.54 bits per heavy atom. The molecule has 2 aromatic rings. The fourth-order valence-electron chi connectivity index (χ4n) is 0.986. The number of fused-ring (bicyclic) bond motifs is 1. The predicted octanol–water partition coefficient (Wildman–Crippen LogP) is 1.11. The second kappa shape index (κ2) is 2.81. The molecule has 2 rings (SSSR count). The third-order valence-electron chi connectivity index (χ3n) is 1.52. The van der Waals surface area contributed by atoms with Gasteiger partial charge in [-0.1, -0.05) is 6.58 Å². The van der Waals surface area contributed by atoms with Crippen LogP contribution in [0.25, 0.3) is 11.7 Å². The van der Waals surface area contributed by atoms with Gasteiger partial charge in [-0.3, -0.25) is 0 Å². The Bertz CT molecular complexity index is 475. The van der Waals surface area contributed by atoms with Gasteiger partial charge >= 0.3 is 0 Å². The van der Waals surface area contributed by atoms with E-state index < -0.39 is 0 Å². The molecule has 0 fully saturated rings. The summed E-state index contributed by atoms with van der Waals surface area (Å²) in [6.07, 6.45) is 3.24. The number of halogens is 1. The van der Waals surface area contributed by atoms with Crippen LogP contribution in [0.4, 0.5) is 5.82 Å². The van der Waals surface area contributed by atoms with Gasteiger partial charge in [0, 0.05) is 0 Å². The van der Waals surface area contributed by atoms with Gasteiger partial charge in [0.1, 0.15) is 4.60 Å². The third kappa shape index (κ3) is 1.29. The van der Waals surface area contributed by atoms with E-state index in [0.29, 0.717) is 21.9 Å². The number of nitrogens with two attached hydrogens (primary N) is 1. The Hall–Kier alpha value is -1.43. The molecule has 0 unspecified atom stereocenters. The maximum absolute atomic E-state index is 5.63. The molecule has 0 amide bonds. The van der Waals surface area contributed by atoms with Crippen LogP contribution in [-0.4, -0.2) is 19.6 Å². The molecule has 6 heteroatoms. The van der Waals surface area contributed by atoms with E-state index in [2.05, 4.69) is 37.6 Å². The van der Waals surface area contributed by atoms with Gasteiger partial charge in [0.05, 0.1) is 6.20 Å². The van der Waals surface area contributed by atoms with E-state index in [4.69, 9.17) is 5.73 Å². The molecular formula is C7H6BrN5. The van der Waals surface area contributed by atoms with Gasteiger partial charge in [-0.05, 0) is 22.0 Å². The lowest BCUT2D eigenvalue weighted by Gasteiger charge is -1.95. The van der Waals surface area contributed by atoms with Crippen LogP contribution in [0, 0.1) is 0 Å². The molecule has 0 radical (unpaired) electrons. The topological polar surface area (TPSA) is 69.1 Å². The van der Waals surface area contributed by atoms with Crippen molar-refractivity contribution >= 4 is 33.5 Å². The van der Waals surface area contributed by atoms with Crippen LogP contribution in [-0.2, 0) is 0 Å². The van der Waals surface area contributed by atoms with Crippen molar-refractivity contribution in [2.75, 3.05) is 5.73 Å². The third-order valence-corrected chi connectivity index (χ3v) is 1.90. The quantitative estimate of drug-likeness (QED) is 0.810. The van der Waals surface area contributed by atoms with E-state index in [-0.39, 0.29) is 0 Å². The van der Waals surface area contributed by atoms with E-state index in [1.54, 1.807) is 16.8 Å². The average molecular weight is 240 g/mol. The Kier molecular flexibility index (Phi) is 1.77. The van der Waals surface area contributed by atoms with Crippen LogP contribution in [0.2, 0.25) is 0 Å². The van der Waals surface area contributed by atoms with Crippen molar-refractivity contribution in [1.29, 1.82) is 0 Å². The second-order valence-electron chi connectivity index (χ2n) is 2.39. The molecule has 0 aliphatic rings. The van der Waals surface area contributed by atoms with Crippen LogP contribution >= 0.6 is 15.9 Å². The summed E-state index contributed by atoms with van der Waals surface area (Å²) >= 11 is 3.21. The number of hydrogen-bond donors (Lipinski definition) is 1. The highest BCUT2D eigenvalue weighted by Crippen LogP contribution is 2.13. The molecule has 13 heavy (non-hydrogen) atoms. The minimum atomic E-state index is 0.343. The maximum Gasteiger partial charge on any atom is 0.198 e. The van der Waals surface area contributed by atoms with Crippen LogP contribution < -0.4 is 5.73 Å². The van der Waals surface area contributed by atoms with Crippen molar-refractivity contribution in [3.8, 4) is 0 Å². The maximum atomic E-state index is 5.63. The summed E-state index contributed by atoms with van der Waals surface area (Å²) in [6, 6.07) is 0. The molecule has 2 heterocycles. The van der Waals surface area contributed by atoms with Crippen molar-refractivity contribution in [1.82, 2.24) is 19.6 Å². The molecule has 2 aromatic heterocycles. The Labute approximate surface area is 82.4 Å². The summed E-state index contributed by atoms with van der Waals surface area (Å²) in [5, 5.41) is 4.09. The zero-order valence-corrected chi connectivity index (χ0v) is 8.19. The molecule has 0 aromatic carbocycles. The fourth-order valence-corrected chi connectivity index (χ4v) is 1.37. The van der Waals surface area contributed by atoms with Gasteiger partial charge in [0.2, 0.25) is 0 Å². The van der Waals surface area contributed by atoms with Gasteiger partial charge in [-0.2, -0.15) is 0 Å². The molecule has 0 saturated heterocycles. The van der Waals surface area contributed by atoms with E-state index in [0.717, 1.165) is 0 Å². The number of aromatic nitrogens is 4.